The lowest BCUT2D eigenvalue weighted by Gasteiger charge is -2.18. The van der Waals surface area contributed by atoms with Gasteiger partial charge in [0.05, 0.1) is 25.7 Å². The first-order valence-corrected chi connectivity index (χ1v) is 15.0. The molecule has 0 aliphatic heterocycles. The number of nitrogens with zero attached hydrogens (tertiary/aromatic N) is 1. The minimum absolute atomic E-state index is 0.0115. The van der Waals surface area contributed by atoms with Gasteiger partial charge in [-0.2, -0.15) is 0 Å². The van der Waals surface area contributed by atoms with Crippen LogP contribution in [0.3, 0.4) is 0 Å². The number of esters is 2. The fourth-order valence-electron chi connectivity index (χ4n) is 3.92. The lowest BCUT2D eigenvalue weighted by atomic mass is 10.1. The van der Waals surface area contributed by atoms with Crippen LogP contribution in [0.4, 0.5) is 4.79 Å². The summed E-state index contributed by atoms with van der Waals surface area (Å²) in [6, 6.07) is 0. The van der Waals surface area contributed by atoms with Crippen LogP contribution in [0.5, 0.6) is 0 Å². The molecule has 0 spiro atoms. The van der Waals surface area contributed by atoms with Crippen LogP contribution in [0.1, 0.15) is 111 Å². The van der Waals surface area contributed by atoms with E-state index in [9.17, 15) is 19.5 Å². The van der Waals surface area contributed by atoms with Crippen molar-refractivity contribution in [3.8, 4) is 0 Å². The number of ether oxygens (including phenoxy) is 3. The van der Waals surface area contributed by atoms with Gasteiger partial charge in [0.1, 0.15) is 6.61 Å². The minimum Gasteiger partial charge on any atom is -0.466 e. The Kier molecular flexibility index (Phi) is 25.4. The maximum absolute atomic E-state index is 12.0. The number of aliphatic hydroxyl groups excluding tert-OH is 1. The van der Waals surface area contributed by atoms with Gasteiger partial charge < -0.3 is 29.5 Å². The van der Waals surface area contributed by atoms with Gasteiger partial charge in [0.25, 0.3) is 0 Å². The predicted octanol–water partition coefficient (Wildman–Crippen LogP) is 5.23. The zero-order valence-electron chi connectivity index (χ0n) is 24.5. The SMILES string of the molecule is CCCCCCCCCOC(=O)CCCCCCCC(=O)OCC(CO)COC(=O)NCCN(CC)CC. The Bertz CT molecular complexity index is 585. The number of carbonyl (C=O) groups excluding carboxylic acids is 3. The van der Waals surface area contributed by atoms with Gasteiger partial charge in [0.2, 0.25) is 0 Å². The standard InChI is InChI=1S/C29H56N2O7/c1-4-7-8-9-10-14-17-22-36-27(33)18-15-12-11-13-16-19-28(34)37-24-26(23-32)25-38-29(35)30-20-21-31(5-2)6-3/h26,32H,4-25H2,1-3H3,(H,30,35). The van der Waals surface area contributed by atoms with Crippen LogP contribution in [-0.4, -0.2) is 80.6 Å². The molecule has 0 aromatic heterocycles. The number of carbonyl (C=O) groups is 3. The number of amides is 1. The van der Waals surface area contributed by atoms with Crippen LogP contribution in [0, 0.1) is 5.92 Å². The molecular weight excluding hydrogens is 488 g/mol. The normalized spacial score (nSPS) is 11.8. The Labute approximate surface area is 231 Å². The molecule has 0 bridgehead atoms. The van der Waals surface area contributed by atoms with Crippen LogP contribution in [0.2, 0.25) is 0 Å². The van der Waals surface area contributed by atoms with Crippen molar-refractivity contribution in [2.45, 2.75) is 111 Å². The Balaban J connectivity index is 3.64. The second-order valence-electron chi connectivity index (χ2n) is 9.89. The maximum Gasteiger partial charge on any atom is 0.407 e. The highest BCUT2D eigenvalue weighted by Crippen LogP contribution is 2.10. The van der Waals surface area contributed by atoms with Crippen molar-refractivity contribution in [2.24, 2.45) is 5.92 Å². The van der Waals surface area contributed by atoms with E-state index in [-0.39, 0.29) is 31.8 Å². The molecule has 0 aliphatic rings. The van der Waals surface area contributed by atoms with Crippen molar-refractivity contribution < 1.29 is 33.7 Å². The van der Waals surface area contributed by atoms with Crippen LogP contribution >= 0.6 is 0 Å². The molecule has 2 N–H and O–H groups in total. The molecule has 1 atom stereocenters. The number of unbranched alkanes of at least 4 members (excludes halogenated alkanes) is 10. The number of nitrogens with one attached hydrogen (secondary N) is 1. The third kappa shape index (κ3) is 23.3. The highest BCUT2D eigenvalue weighted by Gasteiger charge is 2.14. The molecule has 0 fully saturated rings. The molecular formula is C29H56N2O7. The van der Waals surface area contributed by atoms with Crippen molar-refractivity contribution in [1.29, 1.82) is 0 Å². The van der Waals surface area contributed by atoms with Crippen LogP contribution in [-0.2, 0) is 23.8 Å². The zero-order chi connectivity index (χ0) is 28.3. The lowest BCUT2D eigenvalue weighted by molar-refractivity contribution is -0.146. The Hall–Kier alpha value is -1.87. The summed E-state index contributed by atoms with van der Waals surface area (Å²) in [7, 11) is 0. The van der Waals surface area contributed by atoms with E-state index in [1.54, 1.807) is 0 Å². The predicted molar refractivity (Wildman–Crippen MR) is 150 cm³/mol. The highest BCUT2D eigenvalue weighted by atomic mass is 16.6. The van der Waals surface area contributed by atoms with Gasteiger partial charge in [0, 0.05) is 25.9 Å². The summed E-state index contributed by atoms with van der Waals surface area (Å²) in [6.45, 7) is 9.71. The maximum atomic E-state index is 12.0. The molecule has 0 aliphatic carbocycles. The van der Waals surface area contributed by atoms with E-state index in [1.807, 2.05) is 0 Å². The quantitative estimate of drug-likeness (QED) is 0.0864. The molecule has 38 heavy (non-hydrogen) atoms. The van der Waals surface area contributed by atoms with Crippen molar-refractivity contribution in [2.75, 3.05) is 52.6 Å². The van der Waals surface area contributed by atoms with Gasteiger partial charge in [0.15, 0.2) is 0 Å². The van der Waals surface area contributed by atoms with Crippen molar-refractivity contribution in [3.05, 3.63) is 0 Å². The minimum atomic E-state index is -0.539. The molecule has 0 saturated carbocycles. The topological polar surface area (TPSA) is 114 Å². The van der Waals surface area contributed by atoms with Gasteiger partial charge in [-0.05, 0) is 32.4 Å². The Morgan fingerprint density at radius 2 is 1.24 bits per heavy atom. The lowest BCUT2D eigenvalue weighted by Crippen LogP contribution is -2.36. The van der Waals surface area contributed by atoms with E-state index in [0.29, 0.717) is 26.0 Å². The van der Waals surface area contributed by atoms with E-state index >= 15 is 0 Å². The molecule has 0 rings (SSSR count). The van der Waals surface area contributed by atoms with E-state index in [2.05, 4.69) is 31.0 Å². The molecule has 0 aromatic carbocycles. The molecule has 9 nitrogen and oxygen atoms in total. The van der Waals surface area contributed by atoms with Crippen molar-refractivity contribution >= 4 is 18.0 Å². The number of rotatable bonds is 26. The van der Waals surface area contributed by atoms with Crippen molar-refractivity contribution in [1.82, 2.24) is 10.2 Å². The zero-order valence-corrected chi connectivity index (χ0v) is 24.5. The van der Waals surface area contributed by atoms with Crippen LogP contribution in [0.25, 0.3) is 0 Å². The van der Waals surface area contributed by atoms with Gasteiger partial charge in [-0.3, -0.25) is 9.59 Å². The number of likely N-dealkylation sites (N-methyl/N-ethyl adjacent to an activating group) is 1. The van der Waals surface area contributed by atoms with Crippen LogP contribution in [0.15, 0.2) is 0 Å². The number of hydrogen-bond acceptors (Lipinski definition) is 8. The average molecular weight is 545 g/mol. The molecule has 0 aromatic rings. The summed E-state index contributed by atoms with van der Waals surface area (Å²) in [5.41, 5.74) is 0. The van der Waals surface area contributed by atoms with Gasteiger partial charge in [-0.25, -0.2) is 4.79 Å². The van der Waals surface area contributed by atoms with Crippen LogP contribution < -0.4 is 5.32 Å². The van der Waals surface area contributed by atoms with Gasteiger partial charge in [-0.15, -0.1) is 0 Å². The summed E-state index contributed by atoms with van der Waals surface area (Å²) in [4.78, 5) is 37.7. The molecule has 0 heterocycles. The molecule has 1 unspecified atom stereocenters. The molecule has 0 radical (unpaired) electrons. The first-order chi connectivity index (χ1) is 18.5. The third-order valence-electron chi connectivity index (χ3n) is 6.55. The van der Waals surface area contributed by atoms with E-state index in [1.165, 1.54) is 32.1 Å². The summed E-state index contributed by atoms with van der Waals surface area (Å²) < 4.78 is 15.7. The fourth-order valence-corrected chi connectivity index (χ4v) is 3.92. The second-order valence-corrected chi connectivity index (χ2v) is 9.89. The monoisotopic (exact) mass is 544 g/mol. The Morgan fingerprint density at radius 3 is 1.82 bits per heavy atom. The first kappa shape index (κ1) is 36.1. The molecule has 0 saturated heterocycles. The summed E-state index contributed by atoms with van der Waals surface area (Å²) in [5.74, 6) is -0.877. The van der Waals surface area contributed by atoms with E-state index in [0.717, 1.165) is 64.6 Å². The summed E-state index contributed by atoms with van der Waals surface area (Å²) in [5, 5.41) is 12.1. The van der Waals surface area contributed by atoms with Crippen molar-refractivity contribution in [3.63, 3.8) is 0 Å². The molecule has 9 heteroatoms. The summed E-state index contributed by atoms with van der Waals surface area (Å²) in [6.07, 6.45) is 13.0. The van der Waals surface area contributed by atoms with Gasteiger partial charge >= 0.3 is 18.0 Å². The average Bonchev–Trinajstić information content (AvgIpc) is 2.92. The molecule has 224 valence electrons. The largest absolute Gasteiger partial charge is 0.466 e. The third-order valence-corrected chi connectivity index (χ3v) is 6.55. The fraction of sp³-hybridized carbons (Fsp3) is 0.897. The number of alkyl carbamates (subject to hydrolysis) is 1. The molecule has 1 amide bonds. The first-order valence-electron chi connectivity index (χ1n) is 15.0. The summed E-state index contributed by atoms with van der Waals surface area (Å²) >= 11 is 0. The smallest absolute Gasteiger partial charge is 0.407 e. The highest BCUT2D eigenvalue weighted by molar-refractivity contribution is 5.69. The van der Waals surface area contributed by atoms with E-state index in [4.69, 9.17) is 14.2 Å². The Morgan fingerprint density at radius 1 is 0.711 bits per heavy atom. The van der Waals surface area contributed by atoms with E-state index < -0.39 is 12.0 Å². The number of hydrogen-bond donors (Lipinski definition) is 2. The second kappa shape index (κ2) is 26.7. The number of aliphatic hydroxyl groups is 1. The van der Waals surface area contributed by atoms with Gasteiger partial charge in [-0.1, -0.05) is 78.6 Å².